The number of pyridine rings is 1. The van der Waals surface area contributed by atoms with E-state index in [1.54, 1.807) is 24.5 Å². The van der Waals surface area contributed by atoms with E-state index in [4.69, 9.17) is 4.74 Å². The summed E-state index contributed by atoms with van der Waals surface area (Å²) in [6, 6.07) is 18.3. The number of hydrogen-bond donors (Lipinski definition) is 1. The molecule has 1 aliphatic heterocycles. The van der Waals surface area contributed by atoms with Gasteiger partial charge < -0.3 is 9.53 Å². The molecule has 0 radical (unpaired) electrons. The minimum atomic E-state index is -2.49. The highest BCUT2D eigenvalue weighted by Gasteiger charge is 2.31. The summed E-state index contributed by atoms with van der Waals surface area (Å²) in [6.45, 7) is 0. The van der Waals surface area contributed by atoms with Gasteiger partial charge in [-0.05, 0) is 29.3 Å². The van der Waals surface area contributed by atoms with Crippen molar-refractivity contribution in [1.29, 1.82) is 0 Å². The summed E-state index contributed by atoms with van der Waals surface area (Å²) in [5, 5.41) is 0. The van der Waals surface area contributed by atoms with Crippen LogP contribution in [0.25, 0.3) is 11.3 Å². The van der Waals surface area contributed by atoms with Crippen LogP contribution in [0.5, 0.6) is 5.75 Å². The monoisotopic (exact) mass is 391 g/mol. The van der Waals surface area contributed by atoms with Crippen LogP contribution in [0.2, 0.25) is 0 Å². The van der Waals surface area contributed by atoms with Gasteiger partial charge in [0.05, 0.1) is 11.7 Å². The highest BCUT2D eigenvalue weighted by atomic mass is 32.2. The van der Waals surface area contributed by atoms with E-state index in [1.807, 2.05) is 48.5 Å². The molecule has 0 N–H and O–H groups in total. The molecular weight excluding hydrogens is 374 g/mol. The second kappa shape index (κ2) is 7.78. The first-order valence-electron chi connectivity index (χ1n) is 8.75. The van der Waals surface area contributed by atoms with Gasteiger partial charge in [-0.15, -0.1) is 0 Å². The number of para-hydroxylation sites is 1. The first-order chi connectivity index (χ1) is 13.7. The Kier molecular flexibility index (Phi) is 5.04. The maximum absolute atomic E-state index is 12.1. The van der Waals surface area contributed by atoms with Gasteiger partial charge in [0.15, 0.2) is 0 Å². The summed E-state index contributed by atoms with van der Waals surface area (Å²) < 4.78 is 28.2. The molecule has 28 heavy (non-hydrogen) atoms. The molecule has 2 aromatic carbocycles. The Hall–Kier alpha value is -3.25. The van der Waals surface area contributed by atoms with Gasteiger partial charge in [-0.25, -0.2) is 8.42 Å². The number of rotatable bonds is 5. The fourth-order valence-electron chi connectivity index (χ4n) is 3.40. The van der Waals surface area contributed by atoms with Crippen molar-refractivity contribution < 1.29 is 17.9 Å². The Morgan fingerprint density at radius 2 is 1.64 bits per heavy atom. The zero-order chi connectivity index (χ0) is 19.5. The molecule has 1 unspecified atom stereocenters. The van der Waals surface area contributed by atoms with Crippen LogP contribution in [0, 0.1) is 0 Å². The van der Waals surface area contributed by atoms with Crippen LogP contribution < -0.4 is 4.74 Å². The maximum atomic E-state index is 12.1. The predicted molar refractivity (Wildman–Crippen MR) is 107 cm³/mol. The van der Waals surface area contributed by atoms with Gasteiger partial charge >= 0.3 is 0 Å². The number of aldehydes is 1. The summed E-state index contributed by atoms with van der Waals surface area (Å²) in [6.07, 6.45) is 4.28. The minimum Gasteiger partial charge on any atom is -0.456 e. The van der Waals surface area contributed by atoms with Gasteiger partial charge in [0.2, 0.25) is 0 Å². The largest absolute Gasteiger partial charge is 0.456 e. The number of fused-ring (bicyclic) bond motifs is 1. The van der Waals surface area contributed by atoms with Crippen LogP contribution in [0.15, 0.2) is 73.1 Å². The Labute approximate surface area is 164 Å². The topological polar surface area (TPSA) is 73.3 Å². The van der Waals surface area contributed by atoms with Crippen molar-refractivity contribution in [2.75, 3.05) is 0 Å². The minimum absolute atomic E-state index is 0.00741. The average Bonchev–Trinajstić information content (AvgIpc) is 2.73. The van der Waals surface area contributed by atoms with Crippen molar-refractivity contribution in [3.05, 3.63) is 95.3 Å². The third-order valence-corrected chi connectivity index (χ3v) is 5.30. The lowest BCUT2D eigenvalue weighted by atomic mass is 9.83. The van der Waals surface area contributed by atoms with Crippen molar-refractivity contribution in [3.8, 4) is 5.75 Å². The van der Waals surface area contributed by atoms with Gasteiger partial charge in [-0.3, -0.25) is 4.98 Å². The number of nitrogens with zero attached hydrogens (tertiary/aromatic N) is 1. The lowest BCUT2D eigenvalue weighted by Gasteiger charge is -2.28. The number of benzene rings is 2. The molecule has 0 aliphatic carbocycles. The lowest BCUT2D eigenvalue weighted by Crippen LogP contribution is -2.15. The number of allylic oxidation sites excluding steroid dienone is 1. The molecule has 1 atom stereocenters. The molecule has 6 heteroatoms. The molecule has 2 heterocycles. The molecule has 4 rings (SSSR count). The average molecular weight is 391 g/mol. The molecule has 0 fully saturated rings. The van der Waals surface area contributed by atoms with Crippen LogP contribution in [-0.4, -0.2) is 19.7 Å². The van der Waals surface area contributed by atoms with Gasteiger partial charge in [0, 0.05) is 29.1 Å². The van der Waals surface area contributed by atoms with Crippen LogP contribution in [0.4, 0.5) is 0 Å². The molecule has 1 aliphatic rings. The van der Waals surface area contributed by atoms with Gasteiger partial charge in [0.1, 0.15) is 28.5 Å². The molecule has 0 spiro atoms. The van der Waals surface area contributed by atoms with E-state index in [9.17, 15) is 13.2 Å². The number of carbonyl (C=O) groups excluding carboxylic acids is 1. The van der Waals surface area contributed by atoms with Crippen molar-refractivity contribution in [2.24, 2.45) is 0 Å². The van der Waals surface area contributed by atoms with Crippen LogP contribution in [-0.2, 0) is 21.3 Å². The van der Waals surface area contributed by atoms with E-state index >= 15 is 0 Å². The molecule has 5 nitrogen and oxygen atoms in total. The molecule has 1 aromatic heterocycles. The van der Waals surface area contributed by atoms with Crippen molar-refractivity contribution in [1.82, 2.24) is 4.98 Å². The van der Waals surface area contributed by atoms with E-state index in [0.717, 1.165) is 28.5 Å². The van der Waals surface area contributed by atoms with E-state index in [0.29, 0.717) is 17.1 Å². The Bertz CT molecular complexity index is 1110. The summed E-state index contributed by atoms with van der Waals surface area (Å²) in [5.41, 5.74) is 3.90. The van der Waals surface area contributed by atoms with Crippen LogP contribution in [0.1, 0.15) is 28.2 Å². The van der Waals surface area contributed by atoms with Gasteiger partial charge in [-0.2, -0.15) is 0 Å². The molecule has 0 bridgehead atoms. The lowest BCUT2D eigenvalue weighted by molar-refractivity contribution is -0.108. The quantitative estimate of drug-likeness (QED) is 0.533. The fourth-order valence-corrected chi connectivity index (χ4v) is 3.91. The summed E-state index contributed by atoms with van der Waals surface area (Å²) in [4.78, 5) is 16.1. The SMILES string of the molecule is O=CC1C(c2ccncc2)=C(c2ccc(C[SH](=O)=O)cc2)Oc2ccccc21. The standard InChI is InChI=1S/C22H17NO4S/c24-13-19-18-3-1-2-4-20(18)27-22(21(19)16-9-11-23-12-10-16)17-7-5-15(6-8-17)14-28(25)26/h1-13,19,28H,14H2. The molecule has 0 amide bonds. The first kappa shape index (κ1) is 18.1. The van der Waals surface area contributed by atoms with Crippen LogP contribution >= 0.6 is 0 Å². The van der Waals surface area contributed by atoms with E-state index in [1.165, 1.54) is 0 Å². The third kappa shape index (κ3) is 3.46. The van der Waals surface area contributed by atoms with Crippen molar-refractivity contribution in [3.63, 3.8) is 0 Å². The number of aromatic nitrogens is 1. The first-order valence-corrected chi connectivity index (χ1v) is 10.1. The zero-order valence-corrected chi connectivity index (χ0v) is 15.7. The molecule has 0 saturated heterocycles. The zero-order valence-electron chi connectivity index (χ0n) is 14.8. The van der Waals surface area contributed by atoms with Gasteiger partial charge in [-0.1, -0.05) is 42.5 Å². The summed E-state index contributed by atoms with van der Waals surface area (Å²) in [5.74, 6) is 0.740. The van der Waals surface area contributed by atoms with Gasteiger partial charge in [0.25, 0.3) is 0 Å². The number of hydrogen-bond acceptors (Lipinski definition) is 5. The molecular formula is C22H17NO4S. The molecule has 3 aromatic rings. The Morgan fingerprint density at radius 3 is 2.32 bits per heavy atom. The van der Waals surface area contributed by atoms with E-state index in [-0.39, 0.29) is 5.75 Å². The highest BCUT2D eigenvalue weighted by molar-refractivity contribution is 7.71. The molecule has 140 valence electrons. The Balaban J connectivity index is 1.89. The second-order valence-electron chi connectivity index (χ2n) is 6.42. The predicted octanol–water partition coefficient (Wildman–Crippen LogP) is 3.44. The number of ether oxygens (including phenoxy) is 1. The normalized spacial score (nSPS) is 15.8. The number of carbonyl (C=O) groups is 1. The maximum Gasteiger partial charge on any atom is 0.144 e. The smallest absolute Gasteiger partial charge is 0.144 e. The Morgan fingerprint density at radius 1 is 0.929 bits per heavy atom. The fraction of sp³-hybridized carbons (Fsp3) is 0.0909. The molecule has 0 saturated carbocycles. The highest BCUT2D eigenvalue weighted by Crippen LogP contribution is 2.45. The van der Waals surface area contributed by atoms with Crippen LogP contribution in [0.3, 0.4) is 0 Å². The summed E-state index contributed by atoms with van der Waals surface area (Å²) in [7, 11) is -2.49. The summed E-state index contributed by atoms with van der Waals surface area (Å²) >= 11 is 0. The van der Waals surface area contributed by atoms with Crippen molar-refractivity contribution >= 4 is 28.3 Å². The van der Waals surface area contributed by atoms with E-state index < -0.39 is 16.6 Å². The third-order valence-electron chi connectivity index (χ3n) is 4.68. The van der Waals surface area contributed by atoms with Crippen molar-refractivity contribution in [2.45, 2.75) is 11.7 Å². The van der Waals surface area contributed by atoms with E-state index in [2.05, 4.69) is 4.98 Å². The second-order valence-corrected chi connectivity index (χ2v) is 7.40. The number of thiol groups is 1.